The lowest BCUT2D eigenvalue weighted by molar-refractivity contribution is -0.145. The molecule has 0 aliphatic heterocycles. The lowest BCUT2D eigenvalue weighted by Gasteiger charge is -2.09. The smallest absolute Gasteiger partial charge is 0.344 e. The number of benzene rings is 1. The number of rotatable bonds is 6. The third-order valence-electron chi connectivity index (χ3n) is 3.05. The van der Waals surface area contributed by atoms with Gasteiger partial charge in [-0.05, 0) is 30.7 Å². The maximum absolute atomic E-state index is 11.4. The van der Waals surface area contributed by atoms with Crippen molar-refractivity contribution >= 4 is 11.9 Å². The summed E-state index contributed by atoms with van der Waals surface area (Å²) in [5, 5.41) is 18.1. The predicted molar refractivity (Wildman–Crippen MR) is 83.5 cm³/mol. The van der Waals surface area contributed by atoms with Gasteiger partial charge in [-0.2, -0.15) is 5.26 Å². The van der Waals surface area contributed by atoms with Crippen LogP contribution >= 0.6 is 0 Å². The van der Waals surface area contributed by atoms with Crippen molar-refractivity contribution in [2.24, 2.45) is 0 Å². The molecular formula is C17H14N2O5. The molecule has 0 aliphatic rings. The first-order valence-corrected chi connectivity index (χ1v) is 7.07. The highest BCUT2D eigenvalue weighted by Gasteiger charge is 2.12. The Morgan fingerprint density at radius 3 is 2.75 bits per heavy atom. The average Bonchev–Trinajstić information content (AvgIpc) is 2.60. The van der Waals surface area contributed by atoms with E-state index in [1.165, 1.54) is 24.4 Å². The van der Waals surface area contributed by atoms with E-state index in [1.54, 1.807) is 19.1 Å². The van der Waals surface area contributed by atoms with E-state index in [0.717, 1.165) is 0 Å². The molecule has 0 spiro atoms. The minimum Gasteiger partial charge on any atom is -0.479 e. The van der Waals surface area contributed by atoms with Crippen LogP contribution in [0, 0.1) is 11.3 Å². The van der Waals surface area contributed by atoms with Crippen LogP contribution < -0.4 is 4.74 Å². The van der Waals surface area contributed by atoms with Crippen molar-refractivity contribution in [1.82, 2.24) is 4.98 Å². The van der Waals surface area contributed by atoms with Crippen molar-refractivity contribution in [1.29, 1.82) is 5.26 Å². The van der Waals surface area contributed by atoms with Crippen LogP contribution in [0.1, 0.15) is 23.0 Å². The van der Waals surface area contributed by atoms with Crippen LogP contribution in [0.15, 0.2) is 36.5 Å². The minimum atomic E-state index is -1.04. The van der Waals surface area contributed by atoms with Gasteiger partial charge in [0.25, 0.3) is 0 Å². The first-order chi connectivity index (χ1) is 11.5. The summed E-state index contributed by atoms with van der Waals surface area (Å²) in [5.41, 5.74) is 1.33. The van der Waals surface area contributed by atoms with Gasteiger partial charge >= 0.3 is 11.9 Å². The number of aromatic carboxylic acids is 1. The molecule has 0 saturated heterocycles. The maximum Gasteiger partial charge on any atom is 0.344 e. The normalized spacial score (nSPS) is 9.83. The molecule has 0 bridgehead atoms. The van der Waals surface area contributed by atoms with Crippen LogP contribution in [-0.4, -0.2) is 35.2 Å². The Labute approximate surface area is 138 Å². The standard InChI is InChI=1S/C17H14N2O5/c1-2-23-16(20)10-24-15-7-13(9-19-14(15)8-18)11-4-3-5-12(6-11)17(21)22/h3-7,9H,2,10H2,1H3,(H,21,22). The topological polar surface area (TPSA) is 110 Å². The number of nitrogens with zero attached hydrogens (tertiary/aromatic N) is 2. The van der Waals surface area contributed by atoms with Crippen molar-refractivity contribution in [3.05, 3.63) is 47.8 Å². The Bertz CT molecular complexity index is 811. The number of esters is 1. The van der Waals surface area contributed by atoms with Crippen LogP contribution in [0.2, 0.25) is 0 Å². The Morgan fingerprint density at radius 1 is 1.29 bits per heavy atom. The van der Waals surface area contributed by atoms with Crippen LogP contribution in [-0.2, 0) is 9.53 Å². The Kier molecular flexibility index (Phi) is 5.47. The summed E-state index contributed by atoms with van der Waals surface area (Å²) in [6.07, 6.45) is 1.44. The summed E-state index contributed by atoms with van der Waals surface area (Å²) in [6, 6.07) is 9.69. The Hall–Kier alpha value is -3.40. The molecule has 1 aromatic carbocycles. The zero-order valence-corrected chi connectivity index (χ0v) is 12.9. The second kappa shape index (κ2) is 7.74. The van der Waals surface area contributed by atoms with Gasteiger partial charge in [-0.25, -0.2) is 14.6 Å². The van der Waals surface area contributed by atoms with E-state index < -0.39 is 11.9 Å². The maximum atomic E-state index is 11.4. The molecule has 7 nitrogen and oxygen atoms in total. The fourth-order valence-corrected chi connectivity index (χ4v) is 1.97. The molecule has 0 aliphatic carbocycles. The summed E-state index contributed by atoms with van der Waals surface area (Å²) in [4.78, 5) is 26.4. The monoisotopic (exact) mass is 326 g/mol. The van der Waals surface area contributed by atoms with Crippen molar-refractivity contribution in [2.75, 3.05) is 13.2 Å². The molecule has 7 heteroatoms. The number of carbonyl (C=O) groups is 2. The molecule has 1 N–H and O–H groups in total. The highest BCUT2D eigenvalue weighted by atomic mass is 16.6. The minimum absolute atomic E-state index is 0.0254. The molecule has 0 unspecified atom stereocenters. The molecular weight excluding hydrogens is 312 g/mol. The molecule has 0 fully saturated rings. The van der Waals surface area contributed by atoms with E-state index in [4.69, 9.17) is 19.8 Å². The average molecular weight is 326 g/mol. The number of aromatic nitrogens is 1. The van der Waals surface area contributed by atoms with Gasteiger partial charge in [0, 0.05) is 11.8 Å². The van der Waals surface area contributed by atoms with Crippen LogP contribution in [0.3, 0.4) is 0 Å². The zero-order chi connectivity index (χ0) is 17.5. The summed E-state index contributed by atoms with van der Waals surface area (Å²) in [5.74, 6) is -1.47. The molecule has 0 atom stereocenters. The molecule has 2 aromatic rings. The second-order valence-corrected chi connectivity index (χ2v) is 4.66. The quantitative estimate of drug-likeness (QED) is 0.811. The van der Waals surface area contributed by atoms with E-state index in [0.29, 0.717) is 11.1 Å². The Balaban J connectivity index is 2.31. The van der Waals surface area contributed by atoms with Crippen molar-refractivity contribution in [3.8, 4) is 22.9 Å². The summed E-state index contributed by atoms with van der Waals surface area (Å²) < 4.78 is 10.1. The third kappa shape index (κ3) is 4.08. The number of nitriles is 1. The van der Waals surface area contributed by atoms with Gasteiger partial charge in [-0.1, -0.05) is 12.1 Å². The van der Waals surface area contributed by atoms with E-state index in [9.17, 15) is 9.59 Å². The number of hydrogen-bond acceptors (Lipinski definition) is 6. The number of carbonyl (C=O) groups excluding carboxylic acids is 1. The van der Waals surface area contributed by atoms with Crippen molar-refractivity contribution in [3.63, 3.8) is 0 Å². The first kappa shape index (κ1) is 17.0. The number of hydrogen-bond donors (Lipinski definition) is 1. The van der Waals surface area contributed by atoms with Crippen molar-refractivity contribution < 1.29 is 24.2 Å². The number of ether oxygens (including phenoxy) is 2. The lowest BCUT2D eigenvalue weighted by atomic mass is 10.0. The number of carboxylic acids is 1. The molecule has 1 aromatic heterocycles. The second-order valence-electron chi connectivity index (χ2n) is 4.66. The summed E-state index contributed by atoms with van der Waals surface area (Å²) >= 11 is 0. The van der Waals surface area contributed by atoms with E-state index in [1.807, 2.05) is 6.07 Å². The molecule has 0 saturated carbocycles. The molecule has 2 rings (SSSR count). The zero-order valence-electron chi connectivity index (χ0n) is 12.9. The first-order valence-electron chi connectivity index (χ1n) is 7.07. The molecule has 24 heavy (non-hydrogen) atoms. The van der Waals surface area contributed by atoms with E-state index >= 15 is 0 Å². The van der Waals surface area contributed by atoms with Gasteiger partial charge in [0.2, 0.25) is 0 Å². The third-order valence-corrected chi connectivity index (χ3v) is 3.05. The van der Waals surface area contributed by atoms with Gasteiger partial charge < -0.3 is 14.6 Å². The largest absolute Gasteiger partial charge is 0.479 e. The highest BCUT2D eigenvalue weighted by molar-refractivity contribution is 5.89. The van der Waals surface area contributed by atoms with Crippen molar-refractivity contribution in [2.45, 2.75) is 6.92 Å². The van der Waals surface area contributed by atoms with Gasteiger partial charge in [0.05, 0.1) is 12.2 Å². The lowest BCUT2D eigenvalue weighted by Crippen LogP contribution is -2.15. The van der Waals surface area contributed by atoms with Gasteiger partial charge in [-0.3, -0.25) is 0 Å². The SMILES string of the molecule is CCOC(=O)COc1cc(-c2cccc(C(=O)O)c2)cnc1C#N. The number of carboxylic acid groups (broad SMARTS) is 1. The molecule has 122 valence electrons. The van der Waals surface area contributed by atoms with Crippen LogP contribution in [0.4, 0.5) is 0 Å². The van der Waals surface area contributed by atoms with Gasteiger partial charge in [0.15, 0.2) is 18.1 Å². The number of pyridine rings is 1. The van der Waals surface area contributed by atoms with Crippen LogP contribution in [0.5, 0.6) is 5.75 Å². The molecule has 0 radical (unpaired) electrons. The van der Waals surface area contributed by atoms with Gasteiger partial charge in [-0.15, -0.1) is 0 Å². The van der Waals surface area contributed by atoms with E-state index in [-0.39, 0.29) is 30.2 Å². The summed E-state index contributed by atoms with van der Waals surface area (Å²) in [7, 11) is 0. The predicted octanol–water partition coefficient (Wildman–Crippen LogP) is 2.26. The van der Waals surface area contributed by atoms with E-state index in [2.05, 4.69) is 4.98 Å². The fraction of sp³-hybridized carbons (Fsp3) is 0.176. The molecule has 0 amide bonds. The summed E-state index contributed by atoms with van der Waals surface area (Å²) in [6.45, 7) is 1.56. The fourth-order valence-electron chi connectivity index (χ4n) is 1.97. The highest BCUT2D eigenvalue weighted by Crippen LogP contribution is 2.26. The van der Waals surface area contributed by atoms with Crippen LogP contribution in [0.25, 0.3) is 11.1 Å². The Morgan fingerprint density at radius 2 is 2.08 bits per heavy atom. The molecule has 1 heterocycles. The van der Waals surface area contributed by atoms with Gasteiger partial charge in [0.1, 0.15) is 6.07 Å².